The summed E-state index contributed by atoms with van der Waals surface area (Å²) >= 11 is 0. The first-order valence-electron chi connectivity index (χ1n) is 6.55. The molecular weight excluding hydrogens is 272 g/mol. The Hall–Kier alpha value is -2.63. The highest BCUT2D eigenvalue weighted by Crippen LogP contribution is 2.21. The van der Waals surface area contributed by atoms with E-state index in [4.69, 9.17) is 4.42 Å². The van der Waals surface area contributed by atoms with Gasteiger partial charge in [0.2, 0.25) is 0 Å². The number of hydrogen-bond acceptors (Lipinski definition) is 4. The Labute approximate surface area is 121 Å². The van der Waals surface area contributed by atoms with E-state index in [0.717, 1.165) is 5.56 Å². The van der Waals surface area contributed by atoms with Crippen LogP contribution in [0.1, 0.15) is 28.4 Å². The number of benzene rings is 1. The minimum absolute atomic E-state index is 0.0508. The second-order valence-electron chi connectivity index (χ2n) is 4.92. The van der Waals surface area contributed by atoms with Crippen LogP contribution in [0, 0.1) is 17.0 Å². The molecule has 110 valence electrons. The first-order valence-corrected chi connectivity index (χ1v) is 6.55. The second-order valence-corrected chi connectivity index (χ2v) is 4.92. The second kappa shape index (κ2) is 6.21. The predicted octanol–water partition coefficient (Wildman–Crippen LogP) is 2.86. The van der Waals surface area contributed by atoms with E-state index in [-0.39, 0.29) is 17.6 Å². The molecule has 0 aliphatic heterocycles. The van der Waals surface area contributed by atoms with Gasteiger partial charge in [-0.2, -0.15) is 0 Å². The lowest BCUT2D eigenvalue weighted by atomic mass is 10.0. The molecule has 0 aliphatic rings. The van der Waals surface area contributed by atoms with Crippen molar-refractivity contribution in [3.05, 3.63) is 63.6 Å². The van der Waals surface area contributed by atoms with Crippen LogP contribution in [0.15, 0.2) is 41.2 Å². The first-order chi connectivity index (χ1) is 9.99. The topological polar surface area (TPSA) is 85.4 Å². The zero-order chi connectivity index (χ0) is 15.4. The molecule has 0 fully saturated rings. The molecule has 0 saturated heterocycles. The number of hydrogen-bond donors (Lipinski definition) is 1. The molecular formula is C15H16N2O4. The van der Waals surface area contributed by atoms with Gasteiger partial charge in [-0.1, -0.05) is 6.07 Å². The largest absolute Gasteiger partial charge is 0.472 e. The summed E-state index contributed by atoms with van der Waals surface area (Å²) in [4.78, 5) is 22.6. The summed E-state index contributed by atoms with van der Waals surface area (Å²) < 4.78 is 4.98. The molecule has 1 unspecified atom stereocenters. The Morgan fingerprint density at radius 3 is 2.81 bits per heavy atom. The van der Waals surface area contributed by atoms with E-state index in [1.165, 1.54) is 12.1 Å². The van der Waals surface area contributed by atoms with E-state index in [1.807, 2.05) is 13.0 Å². The molecule has 0 bridgehead atoms. The van der Waals surface area contributed by atoms with Crippen molar-refractivity contribution in [3.8, 4) is 0 Å². The standard InChI is InChI=1S/C15H16N2O4/c1-10(8-12-6-7-21-9-12)16-15(18)13-4-3-5-14(11(13)2)17(19)20/h3-7,9-10H,8H2,1-2H3,(H,16,18). The Morgan fingerprint density at radius 1 is 1.43 bits per heavy atom. The van der Waals surface area contributed by atoms with Gasteiger partial charge in [0, 0.05) is 23.2 Å². The van der Waals surface area contributed by atoms with Gasteiger partial charge in [0.25, 0.3) is 11.6 Å². The molecule has 0 radical (unpaired) electrons. The number of nitrogens with zero attached hydrogens (tertiary/aromatic N) is 1. The van der Waals surface area contributed by atoms with E-state index in [2.05, 4.69) is 5.32 Å². The molecule has 21 heavy (non-hydrogen) atoms. The number of nitro benzene ring substituents is 1. The van der Waals surface area contributed by atoms with Crippen LogP contribution in [0.5, 0.6) is 0 Å². The molecule has 6 heteroatoms. The number of nitro groups is 1. The molecule has 0 aliphatic carbocycles. The highest BCUT2D eigenvalue weighted by atomic mass is 16.6. The van der Waals surface area contributed by atoms with Gasteiger partial charge in [-0.05, 0) is 38.0 Å². The molecule has 0 spiro atoms. The monoisotopic (exact) mass is 288 g/mol. The van der Waals surface area contributed by atoms with Gasteiger partial charge in [0.1, 0.15) is 0 Å². The third kappa shape index (κ3) is 3.47. The summed E-state index contributed by atoms with van der Waals surface area (Å²) in [6.45, 7) is 3.45. The molecule has 1 N–H and O–H groups in total. The molecule has 1 aromatic heterocycles. The predicted molar refractivity (Wildman–Crippen MR) is 77.2 cm³/mol. The Bertz CT molecular complexity index is 650. The smallest absolute Gasteiger partial charge is 0.273 e. The fraction of sp³-hybridized carbons (Fsp3) is 0.267. The van der Waals surface area contributed by atoms with Gasteiger partial charge in [-0.25, -0.2) is 0 Å². The SMILES string of the molecule is Cc1c(C(=O)NC(C)Cc2ccoc2)cccc1[N+](=O)[O-]. The molecule has 1 aromatic carbocycles. The quantitative estimate of drug-likeness (QED) is 0.677. The summed E-state index contributed by atoms with van der Waals surface area (Å²) in [7, 11) is 0. The van der Waals surface area contributed by atoms with Crippen molar-refractivity contribution in [3.63, 3.8) is 0 Å². The lowest BCUT2D eigenvalue weighted by Gasteiger charge is -2.14. The van der Waals surface area contributed by atoms with Crippen LogP contribution in [0.2, 0.25) is 0 Å². The highest BCUT2D eigenvalue weighted by Gasteiger charge is 2.19. The minimum Gasteiger partial charge on any atom is -0.472 e. The fourth-order valence-corrected chi connectivity index (χ4v) is 2.18. The molecule has 2 aromatic rings. The summed E-state index contributed by atoms with van der Waals surface area (Å²) in [5.74, 6) is -0.313. The average molecular weight is 288 g/mol. The lowest BCUT2D eigenvalue weighted by molar-refractivity contribution is -0.385. The minimum atomic E-state index is -0.485. The van der Waals surface area contributed by atoms with Crippen LogP contribution in [-0.4, -0.2) is 16.9 Å². The zero-order valence-electron chi connectivity index (χ0n) is 11.8. The van der Waals surface area contributed by atoms with E-state index in [9.17, 15) is 14.9 Å². The summed E-state index contributed by atoms with van der Waals surface area (Å²) in [6.07, 6.45) is 3.84. The van der Waals surface area contributed by atoms with Crippen molar-refractivity contribution >= 4 is 11.6 Å². The zero-order valence-corrected chi connectivity index (χ0v) is 11.8. The first kappa shape index (κ1) is 14.8. The Kier molecular flexibility index (Phi) is 4.37. The van der Waals surface area contributed by atoms with Crippen molar-refractivity contribution in [1.29, 1.82) is 0 Å². The molecule has 1 heterocycles. The van der Waals surface area contributed by atoms with Crippen LogP contribution in [-0.2, 0) is 6.42 Å². The van der Waals surface area contributed by atoms with E-state index < -0.39 is 4.92 Å². The summed E-state index contributed by atoms with van der Waals surface area (Å²) in [5.41, 5.74) is 1.63. The Morgan fingerprint density at radius 2 is 2.19 bits per heavy atom. The summed E-state index contributed by atoms with van der Waals surface area (Å²) in [6, 6.07) is 6.22. The van der Waals surface area contributed by atoms with Crippen LogP contribution < -0.4 is 5.32 Å². The average Bonchev–Trinajstić information content (AvgIpc) is 2.91. The highest BCUT2D eigenvalue weighted by molar-refractivity contribution is 5.96. The third-order valence-corrected chi connectivity index (χ3v) is 3.25. The van der Waals surface area contributed by atoms with Crippen molar-refractivity contribution in [2.24, 2.45) is 0 Å². The third-order valence-electron chi connectivity index (χ3n) is 3.25. The maximum absolute atomic E-state index is 12.2. The lowest BCUT2D eigenvalue weighted by Crippen LogP contribution is -2.34. The normalized spacial score (nSPS) is 11.9. The van der Waals surface area contributed by atoms with Gasteiger partial charge in [-0.3, -0.25) is 14.9 Å². The van der Waals surface area contributed by atoms with Crippen LogP contribution in [0.25, 0.3) is 0 Å². The molecule has 6 nitrogen and oxygen atoms in total. The summed E-state index contributed by atoms with van der Waals surface area (Å²) in [5, 5.41) is 13.7. The number of nitrogens with one attached hydrogen (secondary N) is 1. The molecule has 1 atom stereocenters. The van der Waals surface area contributed by atoms with Gasteiger partial charge in [-0.15, -0.1) is 0 Å². The maximum Gasteiger partial charge on any atom is 0.273 e. The number of carbonyl (C=O) groups excluding carboxylic acids is 1. The van der Waals surface area contributed by atoms with Gasteiger partial charge in [0.05, 0.1) is 17.4 Å². The van der Waals surface area contributed by atoms with Crippen molar-refractivity contribution in [2.75, 3.05) is 0 Å². The van der Waals surface area contributed by atoms with Crippen LogP contribution >= 0.6 is 0 Å². The van der Waals surface area contributed by atoms with Gasteiger partial charge < -0.3 is 9.73 Å². The van der Waals surface area contributed by atoms with E-state index in [1.54, 1.807) is 25.5 Å². The number of amides is 1. The van der Waals surface area contributed by atoms with E-state index in [0.29, 0.717) is 17.5 Å². The number of furan rings is 1. The molecule has 1 amide bonds. The molecule has 2 rings (SSSR count). The maximum atomic E-state index is 12.2. The Balaban J connectivity index is 2.10. The number of carbonyl (C=O) groups is 1. The van der Waals surface area contributed by atoms with Gasteiger partial charge in [0.15, 0.2) is 0 Å². The van der Waals surface area contributed by atoms with Crippen molar-refractivity contribution < 1.29 is 14.1 Å². The van der Waals surface area contributed by atoms with Gasteiger partial charge >= 0.3 is 0 Å². The van der Waals surface area contributed by atoms with Crippen LogP contribution in [0.4, 0.5) is 5.69 Å². The fourth-order valence-electron chi connectivity index (χ4n) is 2.18. The van der Waals surface area contributed by atoms with Crippen molar-refractivity contribution in [1.82, 2.24) is 5.32 Å². The van der Waals surface area contributed by atoms with Crippen LogP contribution in [0.3, 0.4) is 0 Å². The van der Waals surface area contributed by atoms with E-state index >= 15 is 0 Å². The number of rotatable bonds is 5. The van der Waals surface area contributed by atoms with Crippen molar-refractivity contribution in [2.45, 2.75) is 26.3 Å². The molecule has 0 saturated carbocycles.